The van der Waals surface area contributed by atoms with Gasteiger partial charge in [0.15, 0.2) is 5.82 Å². The number of aromatic nitrogens is 3. The standard InChI is InChI=1S/C20H20F3N5/c1-13(15-3-2-4-17(9-15)20(21,22)23)27-19-18-10-16(11-28(18)26-12-25-19)14-5-7-24-8-6-14/h2-5,9-13,24H,6-8H2,1H3,(H,25,26,27)/t13-/m1/s1. The van der Waals surface area contributed by atoms with Crippen molar-refractivity contribution >= 4 is 16.9 Å². The third-order valence-corrected chi connectivity index (χ3v) is 4.91. The second-order valence-corrected chi connectivity index (χ2v) is 6.84. The molecule has 2 N–H and O–H groups in total. The number of fused-ring (bicyclic) bond motifs is 1. The van der Waals surface area contributed by atoms with Crippen molar-refractivity contribution in [2.75, 3.05) is 18.4 Å². The van der Waals surface area contributed by atoms with Crippen LogP contribution < -0.4 is 10.6 Å². The molecule has 8 heteroatoms. The number of benzene rings is 1. The molecule has 146 valence electrons. The number of alkyl halides is 3. The van der Waals surface area contributed by atoms with Crippen LogP contribution in [0.4, 0.5) is 19.0 Å². The quantitative estimate of drug-likeness (QED) is 0.701. The Morgan fingerprint density at radius 1 is 1.25 bits per heavy atom. The second-order valence-electron chi connectivity index (χ2n) is 6.84. The highest BCUT2D eigenvalue weighted by atomic mass is 19.4. The summed E-state index contributed by atoms with van der Waals surface area (Å²) in [6.07, 6.45) is 2.12. The fourth-order valence-electron chi connectivity index (χ4n) is 3.37. The molecule has 0 bridgehead atoms. The van der Waals surface area contributed by atoms with Gasteiger partial charge in [-0.2, -0.15) is 18.3 Å². The Morgan fingerprint density at radius 3 is 2.86 bits per heavy atom. The van der Waals surface area contributed by atoms with Crippen LogP contribution >= 0.6 is 0 Å². The van der Waals surface area contributed by atoms with E-state index in [1.54, 1.807) is 10.6 Å². The number of hydrogen-bond acceptors (Lipinski definition) is 4. The van der Waals surface area contributed by atoms with Gasteiger partial charge in [0.05, 0.1) is 11.6 Å². The van der Waals surface area contributed by atoms with E-state index in [1.807, 2.05) is 19.2 Å². The van der Waals surface area contributed by atoms with Crippen LogP contribution in [-0.2, 0) is 6.18 Å². The number of anilines is 1. The second kappa shape index (κ2) is 7.27. The summed E-state index contributed by atoms with van der Waals surface area (Å²) < 4.78 is 40.7. The molecule has 0 saturated carbocycles. The van der Waals surface area contributed by atoms with E-state index in [0.717, 1.165) is 36.7 Å². The molecule has 0 aliphatic carbocycles. The van der Waals surface area contributed by atoms with Gasteiger partial charge in [0.2, 0.25) is 0 Å². The zero-order valence-corrected chi connectivity index (χ0v) is 15.3. The van der Waals surface area contributed by atoms with Crippen molar-refractivity contribution in [2.24, 2.45) is 0 Å². The molecule has 0 fully saturated rings. The molecule has 5 nitrogen and oxygen atoms in total. The van der Waals surface area contributed by atoms with Gasteiger partial charge in [0, 0.05) is 12.7 Å². The molecule has 0 amide bonds. The first-order valence-corrected chi connectivity index (χ1v) is 9.09. The SMILES string of the molecule is C[C@@H](Nc1ncnn2cc(C3=CCNCC3)cc12)c1cccc(C(F)(F)F)c1. The van der Waals surface area contributed by atoms with Gasteiger partial charge in [-0.15, -0.1) is 0 Å². The molecule has 4 rings (SSSR count). The summed E-state index contributed by atoms with van der Waals surface area (Å²) in [5.41, 5.74) is 3.00. The van der Waals surface area contributed by atoms with E-state index in [4.69, 9.17) is 0 Å². The Morgan fingerprint density at radius 2 is 2.11 bits per heavy atom. The topological polar surface area (TPSA) is 54.2 Å². The Kier molecular flexibility index (Phi) is 4.80. The van der Waals surface area contributed by atoms with Crippen LogP contribution in [-0.4, -0.2) is 27.7 Å². The molecule has 3 aromatic rings. The lowest BCUT2D eigenvalue weighted by Crippen LogP contribution is -2.19. The van der Waals surface area contributed by atoms with Crippen LogP contribution in [0.5, 0.6) is 0 Å². The van der Waals surface area contributed by atoms with E-state index in [-0.39, 0.29) is 6.04 Å². The Hall–Kier alpha value is -2.87. The summed E-state index contributed by atoms with van der Waals surface area (Å²) >= 11 is 0. The molecule has 0 spiro atoms. The van der Waals surface area contributed by atoms with E-state index in [9.17, 15) is 13.2 Å². The molecule has 28 heavy (non-hydrogen) atoms. The Balaban J connectivity index is 1.63. The maximum atomic E-state index is 13.0. The number of nitrogens with one attached hydrogen (secondary N) is 2. The zero-order valence-electron chi connectivity index (χ0n) is 15.3. The van der Waals surface area contributed by atoms with E-state index in [2.05, 4.69) is 26.8 Å². The minimum atomic E-state index is -4.36. The first-order valence-electron chi connectivity index (χ1n) is 9.09. The lowest BCUT2D eigenvalue weighted by Gasteiger charge is -2.17. The van der Waals surface area contributed by atoms with Crippen LogP contribution in [0.3, 0.4) is 0 Å². The fraction of sp³-hybridized carbons (Fsp3) is 0.300. The van der Waals surface area contributed by atoms with Gasteiger partial charge >= 0.3 is 6.18 Å². The first-order chi connectivity index (χ1) is 13.4. The normalized spacial score (nSPS) is 16.1. The van der Waals surface area contributed by atoms with Crippen molar-refractivity contribution < 1.29 is 13.2 Å². The highest BCUT2D eigenvalue weighted by molar-refractivity contribution is 5.76. The predicted octanol–water partition coefficient (Wildman–Crippen LogP) is 4.30. The van der Waals surface area contributed by atoms with Crippen LogP contribution in [0.25, 0.3) is 11.1 Å². The van der Waals surface area contributed by atoms with E-state index < -0.39 is 11.7 Å². The van der Waals surface area contributed by atoms with Gasteiger partial charge in [-0.3, -0.25) is 0 Å². The number of rotatable bonds is 4. The van der Waals surface area contributed by atoms with E-state index in [0.29, 0.717) is 11.4 Å². The molecule has 0 saturated heterocycles. The van der Waals surface area contributed by atoms with Gasteiger partial charge in [0.1, 0.15) is 11.8 Å². The maximum Gasteiger partial charge on any atom is 0.416 e. The van der Waals surface area contributed by atoms with Crippen LogP contribution in [0.15, 0.2) is 48.9 Å². The van der Waals surface area contributed by atoms with Crippen molar-refractivity contribution in [2.45, 2.75) is 25.6 Å². The predicted molar refractivity (Wildman–Crippen MR) is 102 cm³/mol. The lowest BCUT2D eigenvalue weighted by molar-refractivity contribution is -0.137. The molecule has 1 aliphatic rings. The van der Waals surface area contributed by atoms with Crippen molar-refractivity contribution in [1.29, 1.82) is 0 Å². The number of halogens is 3. The van der Waals surface area contributed by atoms with Gasteiger partial charge in [-0.1, -0.05) is 18.2 Å². The fourth-order valence-corrected chi connectivity index (χ4v) is 3.37. The molecular weight excluding hydrogens is 367 g/mol. The highest BCUT2D eigenvalue weighted by Gasteiger charge is 2.30. The molecule has 0 radical (unpaired) electrons. The lowest BCUT2D eigenvalue weighted by atomic mass is 10.0. The number of nitrogens with zero attached hydrogens (tertiary/aromatic N) is 3. The van der Waals surface area contributed by atoms with Crippen LogP contribution in [0.1, 0.15) is 36.1 Å². The molecule has 3 heterocycles. The van der Waals surface area contributed by atoms with Gasteiger partial charge in [0.25, 0.3) is 0 Å². The molecule has 0 unspecified atom stereocenters. The Labute approximate surface area is 160 Å². The minimum absolute atomic E-state index is 0.350. The third-order valence-electron chi connectivity index (χ3n) is 4.91. The van der Waals surface area contributed by atoms with Crippen molar-refractivity contribution in [1.82, 2.24) is 19.9 Å². The van der Waals surface area contributed by atoms with Gasteiger partial charge in [-0.05, 0) is 54.8 Å². The van der Waals surface area contributed by atoms with Crippen molar-refractivity contribution in [3.05, 3.63) is 65.6 Å². The molecule has 1 aliphatic heterocycles. The van der Waals surface area contributed by atoms with Crippen LogP contribution in [0, 0.1) is 0 Å². The highest BCUT2D eigenvalue weighted by Crippen LogP contribution is 2.32. The van der Waals surface area contributed by atoms with Crippen molar-refractivity contribution in [3.63, 3.8) is 0 Å². The summed E-state index contributed by atoms with van der Waals surface area (Å²) in [6, 6.07) is 7.00. The minimum Gasteiger partial charge on any atom is -0.362 e. The maximum absolute atomic E-state index is 13.0. The summed E-state index contributed by atoms with van der Waals surface area (Å²) in [7, 11) is 0. The molecular formula is C20H20F3N5. The average molecular weight is 387 g/mol. The van der Waals surface area contributed by atoms with E-state index >= 15 is 0 Å². The molecule has 1 atom stereocenters. The first kappa shape index (κ1) is 18.5. The van der Waals surface area contributed by atoms with Gasteiger partial charge in [-0.25, -0.2) is 9.50 Å². The molecule has 1 aromatic carbocycles. The largest absolute Gasteiger partial charge is 0.416 e. The van der Waals surface area contributed by atoms with E-state index in [1.165, 1.54) is 24.0 Å². The van der Waals surface area contributed by atoms with Gasteiger partial charge < -0.3 is 10.6 Å². The summed E-state index contributed by atoms with van der Waals surface area (Å²) in [4.78, 5) is 4.30. The smallest absolute Gasteiger partial charge is 0.362 e. The Bertz CT molecular complexity index is 1020. The zero-order chi connectivity index (χ0) is 19.7. The monoisotopic (exact) mass is 387 g/mol. The summed E-state index contributed by atoms with van der Waals surface area (Å²) in [5.74, 6) is 0.584. The third kappa shape index (κ3) is 3.73. The molecule has 2 aromatic heterocycles. The summed E-state index contributed by atoms with van der Waals surface area (Å²) in [6.45, 7) is 3.58. The number of hydrogen-bond donors (Lipinski definition) is 2. The summed E-state index contributed by atoms with van der Waals surface area (Å²) in [5, 5.41) is 10.8. The van der Waals surface area contributed by atoms with Crippen LogP contribution in [0.2, 0.25) is 0 Å². The average Bonchev–Trinajstić information content (AvgIpc) is 3.13. The van der Waals surface area contributed by atoms with Crippen molar-refractivity contribution in [3.8, 4) is 0 Å².